The monoisotopic (exact) mass is 197 g/mol. The van der Waals surface area contributed by atoms with Crippen LogP contribution in [0.5, 0.6) is 0 Å². The van der Waals surface area contributed by atoms with Gasteiger partial charge in [-0.25, -0.2) is 9.97 Å². The van der Waals surface area contributed by atoms with Gasteiger partial charge in [-0.05, 0) is 0 Å². The predicted octanol–water partition coefficient (Wildman–Crippen LogP) is 1.73. The van der Waals surface area contributed by atoms with E-state index in [-0.39, 0.29) is 5.15 Å². The summed E-state index contributed by atoms with van der Waals surface area (Å²) in [6, 6.07) is 0. The van der Waals surface area contributed by atoms with Crippen molar-refractivity contribution in [1.82, 2.24) is 9.97 Å². The van der Waals surface area contributed by atoms with Crippen molar-refractivity contribution in [2.45, 2.75) is 6.18 Å². The SMILES string of the molecule is Nc1nc(Cl)cnc1C(F)(F)F. The Balaban J connectivity index is 3.19. The summed E-state index contributed by atoms with van der Waals surface area (Å²) in [6.07, 6.45) is -3.79. The van der Waals surface area contributed by atoms with Crippen molar-refractivity contribution in [3.8, 4) is 0 Å². The molecule has 1 aromatic heterocycles. The lowest BCUT2D eigenvalue weighted by Crippen LogP contribution is -2.12. The van der Waals surface area contributed by atoms with Gasteiger partial charge in [-0.15, -0.1) is 0 Å². The summed E-state index contributed by atoms with van der Waals surface area (Å²) in [6.45, 7) is 0. The Morgan fingerprint density at radius 2 is 2.00 bits per heavy atom. The number of rotatable bonds is 0. The van der Waals surface area contributed by atoms with Gasteiger partial charge in [0.15, 0.2) is 11.5 Å². The van der Waals surface area contributed by atoms with Crippen LogP contribution in [0.25, 0.3) is 0 Å². The number of nitrogen functional groups attached to an aromatic ring is 1. The van der Waals surface area contributed by atoms with E-state index >= 15 is 0 Å². The highest BCUT2D eigenvalue weighted by Crippen LogP contribution is 2.30. The number of hydrogen-bond acceptors (Lipinski definition) is 3. The number of aromatic nitrogens is 2. The van der Waals surface area contributed by atoms with Crippen LogP contribution in [0.4, 0.5) is 19.0 Å². The topological polar surface area (TPSA) is 51.8 Å². The summed E-state index contributed by atoms with van der Waals surface area (Å²) in [5.74, 6) is -0.713. The Morgan fingerprint density at radius 1 is 1.42 bits per heavy atom. The second kappa shape index (κ2) is 2.78. The zero-order valence-corrected chi connectivity index (χ0v) is 6.32. The van der Waals surface area contributed by atoms with E-state index in [2.05, 4.69) is 9.97 Å². The van der Waals surface area contributed by atoms with Gasteiger partial charge in [0.2, 0.25) is 0 Å². The van der Waals surface area contributed by atoms with Gasteiger partial charge in [0.25, 0.3) is 0 Å². The van der Waals surface area contributed by atoms with Gasteiger partial charge in [-0.2, -0.15) is 13.2 Å². The molecule has 12 heavy (non-hydrogen) atoms. The molecule has 0 unspecified atom stereocenters. The third-order valence-corrected chi connectivity index (χ3v) is 1.22. The number of halogens is 4. The molecule has 1 heterocycles. The maximum atomic E-state index is 12.0. The van der Waals surface area contributed by atoms with Crippen molar-refractivity contribution in [2.75, 3.05) is 5.73 Å². The maximum absolute atomic E-state index is 12.0. The standard InChI is InChI=1S/C5H3ClF3N3/c6-2-1-11-3(4(10)12-2)5(7,8)9/h1H,(H2,10,12). The molecule has 0 aliphatic carbocycles. The number of nitrogens with two attached hydrogens (primary N) is 1. The first-order valence-electron chi connectivity index (χ1n) is 2.76. The molecule has 0 radical (unpaired) electrons. The molecule has 0 aliphatic rings. The summed E-state index contributed by atoms with van der Waals surface area (Å²) in [5.41, 5.74) is 3.71. The van der Waals surface area contributed by atoms with Crippen molar-refractivity contribution in [3.63, 3.8) is 0 Å². The van der Waals surface area contributed by atoms with Gasteiger partial charge in [0.1, 0.15) is 5.15 Å². The van der Waals surface area contributed by atoms with Gasteiger partial charge in [-0.3, -0.25) is 0 Å². The van der Waals surface area contributed by atoms with Gasteiger partial charge in [0, 0.05) is 0 Å². The molecule has 66 valence electrons. The summed E-state index contributed by atoms with van der Waals surface area (Å²) in [7, 11) is 0. The Bertz CT molecular complexity index is 298. The Morgan fingerprint density at radius 3 is 2.42 bits per heavy atom. The van der Waals surface area contributed by atoms with Gasteiger partial charge in [0.05, 0.1) is 6.20 Å². The first-order valence-corrected chi connectivity index (χ1v) is 3.14. The van der Waals surface area contributed by atoms with E-state index in [9.17, 15) is 13.2 Å². The van der Waals surface area contributed by atoms with Crippen molar-refractivity contribution in [2.24, 2.45) is 0 Å². The molecule has 1 aromatic rings. The van der Waals surface area contributed by atoms with E-state index in [0.29, 0.717) is 0 Å². The predicted molar refractivity (Wildman–Crippen MR) is 36.5 cm³/mol. The first kappa shape index (κ1) is 9.05. The first-order chi connectivity index (χ1) is 5.41. The Kier molecular flexibility index (Phi) is 2.10. The van der Waals surface area contributed by atoms with Crippen LogP contribution in [0.1, 0.15) is 5.69 Å². The molecule has 0 saturated heterocycles. The van der Waals surface area contributed by atoms with E-state index in [0.717, 1.165) is 6.20 Å². The summed E-state index contributed by atoms with van der Waals surface area (Å²) in [4.78, 5) is 6.21. The molecule has 0 amide bonds. The van der Waals surface area contributed by atoms with Crippen LogP contribution < -0.4 is 5.73 Å². The highest BCUT2D eigenvalue weighted by Gasteiger charge is 2.35. The normalized spacial score (nSPS) is 11.7. The molecule has 1 rings (SSSR count). The fraction of sp³-hybridized carbons (Fsp3) is 0.200. The molecule has 3 nitrogen and oxygen atoms in total. The minimum atomic E-state index is -4.58. The Hall–Kier alpha value is -1.04. The van der Waals surface area contributed by atoms with Crippen LogP contribution in [0.3, 0.4) is 0 Å². The molecule has 2 N–H and O–H groups in total. The van der Waals surface area contributed by atoms with Crippen molar-refractivity contribution in [1.29, 1.82) is 0 Å². The largest absolute Gasteiger partial charge is 0.437 e. The summed E-state index contributed by atoms with van der Waals surface area (Å²) < 4.78 is 35.9. The van der Waals surface area contributed by atoms with Crippen LogP contribution >= 0.6 is 11.6 Å². The molecule has 0 aliphatic heterocycles. The van der Waals surface area contributed by atoms with Crippen LogP contribution in [-0.2, 0) is 6.18 Å². The molecule has 0 spiro atoms. The minimum absolute atomic E-state index is 0.166. The average Bonchev–Trinajstić information content (AvgIpc) is 1.83. The minimum Gasteiger partial charge on any atom is -0.382 e. The fourth-order valence-corrected chi connectivity index (χ4v) is 0.739. The molecular formula is C5H3ClF3N3. The van der Waals surface area contributed by atoms with Crippen LogP contribution in [-0.4, -0.2) is 9.97 Å². The molecular weight excluding hydrogens is 195 g/mol. The third kappa shape index (κ3) is 1.76. The molecule has 7 heteroatoms. The summed E-state index contributed by atoms with van der Waals surface area (Å²) >= 11 is 5.25. The lowest BCUT2D eigenvalue weighted by atomic mass is 10.4. The van der Waals surface area contributed by atoms with E-state index in [1.54, 1.807) is 0 Å². The molecule has 0 fully saturated rings. The zero-order valence-electron chi connectivity index (χ0n) is 5.56. The number of nitrogens with zero attached hydrogens (tertiary/aromatic N) is 2. The van der Waals surface area contributed by atoms with Gasteiger partial charge >= 0.3 is 6.18 Å². The molecule has 0 saturated carbocycles. The van der Waals surface area contributed by atoms with E-state index in [4.69, 9.17) is 17.3 Å². The molecule has 0 aromatic carbocycles. The fourth-order valence-electron chi connectivity index (χ4n) is 0.599. The number of anilines is 1. The quantitative estimate of drug-likeness (QED) is 0.689. The van der Waals surface area contributed by atoms with E-state index in [1.165, 1.54) is 0 Å². The number of alkyl halides is 3. The number of hydrogen-bond donors (Lipinski definition) is 1. The van der Waals surface area contributed by atoms with Crippen molar-refractivity contribution >= 4 is 17.4 Å². The maximum Gasteiger partial charge on any atom is 0.437 e. The molecule has 0 bridgehead atoms. The summed E-state index contributed by atoms with van der Waals surface area (Å²) in [5, 5.41) is -0.166. The lowest BCUT2D eigenvalue weighted by Gasteiger charge is -2.06. The smallest absolute Gasteiger partial charge is 0.382 e. The van der Waals surface area contributed by atoms with Gasteiger partial charge < -0.3 is 5.73 Å². The van der Waals surface area contributed by atoms with Crippen LogP contribution in [0, 0.1) is 0 Å². The lowest BCUT2D eigenvalue weighted by molar-refractivity contribution is -0.140. The van der Waals surface area contributed by atoms with E-state index < -0.39 is 17.7 Å². The zero-order chi connectivity index (χ0) is 9.35. The van der Waals surface area contributed by atoms with Crippen LogP contribution in [0.15, 0.2) is 6.20 Å². The van der Waals surface area contributed by atoms with E-state index in [1.807, 2.05) is 0 Å². The second-order valence-corrected chi connectivity index (χ2v) is 2.31. The van der Waals surface area contributed by atoms with Gasteiger partial charge in [-0.1, -0.05) is 11.6 Å². The second-order valence-electron chi connectivity index (χ2n) is 1.92. The highest BCUT2D eigenvalue weighted by molar-refractivity contribution is 6.29. The average molecular weight is 198 g/mol. The van der Waals surface area contributed by atoms with Crippen molar-refractivity contribution in [3.05, 3.63) is 17.0 Å². The highest BCUT2D eigenvalue weighted by atomic mass is 35.5. The third-order valence-electron chi connectivity index (χ3n) is 1.04. The Labute approximate surface area is 70.4 Å². The van der Waals surface area contributed by atoms with Crippen LogP contribution in [0.2, 0.25) is 5.15 Å². The molecule has 0 atom stereocenters. The van der Waals surface area contributed by atoms with Crippen molar-refractivity contribution < 1.29 is 13.2 Å².